The van der Waals surface area contributed by atoms with Gasteiger partial charge in [-0.05, 0) is 22.5 Å². The smallest absolute Gasteiger partial charge is 0.282 e. The molecule has 1 aromatic carbocycles. The molecule has 1 aliphatic heterocycles. The summed E-state index contributed by atoms with van der Waals surface area (Å²) in [6.07, 6.45) is 1.51. The van der Waals surface area contributed by atoms with Gasteiger partial charge >= 0.3 is 0 Å². The van der Waals surface area contributed by atoms with E-state index in [4.69, 9.17) is 0 Å². The van der Waals surface area contributed by atoms with Crippen LogP contribution in [0.15, 0.2) is 46.1 Å². The van der Waals surface area contributed by atoms with E-state index in [1.807, 2.05) is 29.0 Å². The predicted molar refractivity (Wildman–Crippen MR) is 74.1 cm³/mol. The highest BCUT2D eigenvalue weighted by Gasteiger charge is 2.26. The Labute approximate surface area is 109 Å². The molecular formula is C11H10O3S3. The minimum Gasteiger partial charge on any atom is -0.282 e. The van der Waals surface area contributed by atoms with Crippen LogP contribution in [0, 0.1) is 0 Å². The van der Waals surface area contributed by atoms with Crippen LogP contribution < -0.4 is 0 Å². The van der Waals surface area contributed by atoms with Crippen molar-refractivity contribution in [2.45, 2.75) is 4.58 Å². The average molecular weight is 286 g/mol. The summed E-state index contributed by atoms with van der Waals surface area (Å²) in [7, 11) is -4.17. The van der Waals surface area contributed by atoms with Gasteiger partial charge in [-0.3, -0.25) is 4.55 Å². The van der Waals surface area contributed by atoms with Crippen LogP contribution in [-0.2, 0) is 10.1 Å². The summed E-state index contributed by atoms with van der Waals surface area (Å²) in [5.41, 5.74) is 0.758. The SMILES string of the molecule is O=S(=O)(O)C(=Cc1ccccc1)C1SC=CS1. The van der Waals surface area contributed by atoms with Gasteiger partial charge in [-0.15, -0.1) is 23.5 Å². The third-order valence-corrected chi connectivity index (χ3v) is 5.77. The number of benzene rings is 1. The average Bonchev–Trinajstić information content (AvgIpc) is 2.79. The van der Waals surface area contributed by atoms with Crippen LogP contribution in [0.5, 0.6) is 0 Å². The predicted octanol–water partition coefficient (Wildman–Crippen LogP) is 3.19. The quantitative estimate of drug-likeness (QED) is 0.865. The van der Waals surface area contributed by atoms with Crippen LogP contribution >= 0.6 is 23.5 Å². The van der Waals surface area contributed by atoms with Crippen LogP contribution in [0.25, 0.3) is 6.08 Å². The Hall–Kier alpha value is -0.690. The number of hydrogen-bond acceptors (Lipinski definition) is 4. The van der Waals surface area contributed by atoms with Crippen molar-refractivity contribution in [2.75, 3.05) is 0 Å². The molecule has 3 nitrogen and oxygen atoms in total. The molecule has 1 heterocycles. The first-order valence-corrected chi connectivity index (χ1v) is 8.10. The zero-order valence-corrected chi connectivity index (χ0v) is 11.1. The summed E-state index contributed by atoms with van der Waals surface area (Å²) < 4.78 is 31.7. The van der Waals surface area contributed by atoms with Crippen molar-refractivity contribution in [2.24, 2.45) is 0 Å². The summed E-state index contributed by atoms with van der Waals surface area (Å²) in [5.74, 6) is 0. The molecule has 0 radical (unpaired) electrons. The molecule has 0 spiro atoms. The minimum atomic E-state index is -4.17. The van der Waals surface area contributed by atoms with Gasteiger partial charge in [0.15, 0.2) is 0 Å². The molecule has 90 valence electrons. The molecule has 6 heteroatoms. The fourth-order valence-corrected chi connectivity index (χ4v) is 4.79. The normalized spacial score (nSPS) is 17.6. The zero-order chi connectivity index (χ0) is 12.3. The second kappa shape index (κ2) is 5.30. The molecular weight excluding hydrogens is 276 g/mol. The summed E-state index contributed by atoms with van der Waals surface area (Å²) >= 11 is 2.74. The molecule has 2 rings (SSSR count). The monoisotopic (exact) mass is 286 g/mol. The van der Waals surface area contributed by atoms with E-state index < -0.39 is 10.1 Å². The first-order valence-electron chi connectivity index (χ1n) is 4.77. The molecule has 0 saturated heterocycles. The van der Waals surface area contributed by atoms with Gasteiger partial charge in [0.2, 0.25) is 0 Å². The van der Waals surface area contributed by atoms with Crippen LogP contribution in [0.4, 0.5) is 0 Å². The summed E-state index contributed by atoms with van der Waals surface area (Å²) in [4.78, 5) is 0.0312. The third kappa shape index (κ3) is 3.38. The number of rotatable bonds is 3. The van der Waals surface area contributed by atoms with E-state index in [1.165, 1.54) is 29.6 Å². The van der Waals surface area contributed by atoms with E-state index >= 15 is 0 Å². The van der Waals surface area contributed by atoms with Crippen molar-refractivity contribution in [3.05, 3.63) is 51.6 Å². The minimum absolute atomic E-state index is 0.0312. The number of hydrogen-bond donors (Lipinski definition) is 1. The second-order valence-electron chi connectivity index (χ2n) is 3.31. The molecule has 0 saturated carbocycles. The third-order valence-electron chi connectivity index (χ3n) is 2.10. The van der Waals surface area contributed by atoms with Gasteiger partial charge in [-0.2, -0.15) is 8.42 Å². The lowest BCUT2D eigenvalue weighted by Gasteiger charge is -2.10. The van der Waals surface area contributed by atoms with E-state index in [9.17, 15) is 13.0 Å². The fraction of sp³-hybridized carbons (Fsp3) is 0.0909. The summed E-state index contributed by atoms with van der Waals surface area (Å²) in [6.45, 7) is 0. The van der Waals surface area contributed by atoms with E-state index in [0.29, 0.717) is 0 Å². The molecule has 0 aromatic heterocycles. The molecule has 1 N–H and O–H groups in total. The molecule has 0 unspecified atom stereocenters. The van der Waals surface area contributed by atoms with Gasteiger partial charge in [-0.25, -0.2) is 0 Å². The van der Waals surface area contributed by atoms with Crippen molar-refractivity contribution >= 4 is 39.7 Å². The van der Waals surface area contributed by atoms with Crippen molar-refractivity contribution in [1.29, 1.82) is 0 Å². The van der Waals surface area contributed by atoms with Crippen molar-refractivity contribution in [3.8, 4) is 0 Å². The number of thioether (sulfide) groups is 2. The maximum absolute atomic E-state index is 11.4. The van der Waals surface area contributed by atoms with Gasteiger partial charge in [0.05, 0.1) is 9.49 Å². The molecule has 0 atom stereocenters. The van der Waals surface area contributed by atoms with E-state index in [0.717, 1.165) is 5.56 Å². The largest absolute Gasteiger partial charge is 0.292 e. The Morgan fingerprint density at radius 1 is 1.18 bits per heavy atom. The Kier molecular flexibility index (Phi) is 3.98. The van der Waals surface area contributed by atoms with E-state index in [-0.39, 0.29) is 9.49 Å². The fourth-order valence-electron chi connectivity index (χ4n) is 1.35. The first kappa shape index (κ1) is 12.8. The Morgan fingerprint density at radius 3 is 2.29 bits per heavy atom. The molecule has 0 amide bonds. The lowest BCUT2D eigenvalue weighted by atomic mass is 10.2. The Morgan fingerprint density at radius 2 is 1.76 bits per heavy atom. The van der Waals surface area contributed by atoms with Crippen LogP contribution in [0.3, 0.4) is 0 Å². The molecule has 17 heavy (non-hydrogen) atoms. The maximum atomic E-state index is 11.4. The summed E-state index contributed by atoms with van der Waals surface area (Å²) in [6, 6.07) is 9.08. The molecule has 0 fully saturated rings. The van der Waals surface area contributed by atoms with E-state index in [1.54, 1.807) is 12.1 Å². The topological polar surface area (TPSA) is 54.4 Å². The Bertz CT molecular complexity index is 539. The Balaban J connectivity index is 2.37. The van der Waals surface area contributed by atoms with Gasteiger partial charge < -0.3 is 0 Å². The van der Waals surface area contributed by atoms with Crippen molar-refractivity contribution < 1.29 is 13.0 Å². The van der Waals surface area contributed by atoms with Crippen LogP contribution in [0.2, 0.25) is 0 Å². The maximum Gasteiger partial charge on any atom is 0.292 e. The van der Waals surface area contributed by atoms with Crippen molar-refractivity contribution in [1.82, 2.24) is 0 Å². The first-order chi connectivity index (χ1) is 8.07. The molecule has 1 aliphatic rings. The molecule has 1 aromatic rings. The lowest BCUT2D eigenvalue weighted by Crippen LogP contribution is -2.10. The van der Waals surface area contributed by atoms with E-state index in [2.05, 4.69) is 0 Å². The highest BCUT2D eigenvalue weighted by molar-refractivity contribution is 8.23. The highest BCUT2D eigenvalue weighted by atomic mass is 32.2. The zero-order valence-electron chi connectivity index (χ0n) is 8.68. The lowest BCUT2D eigenvalue weighted by molar-refractivity contribution is 0.491. The van der Waals surface area contributed by atoms with Crippen molar-refractivity contribution in [3.63, 3.8) is 0 Å². The second-order valence-corrected chi connectivity index (χ2v) is 7.06. The standard InChI is InChI=1S/C11H10O3S3/c12-17(13,14)10(11-15-6-7-16-11)8-9-4-2-1-3-5-9/h1-8,11H,(H,12,13,14). The molecule has 0 bridgehead atoms. The van der Waals surface area contributed by atoms with Crippen LogP contribution in [-0.4, -0.2) is 17.6 Å². The summed E-state index contributed by atoms with van der Waals surface area (Å²) in [5, 5.41) is 3.64. The van der Waals surface area contributed by atoms with Gasteiger partial charge in [0.25, 0.3) is 10.1 Å². The molecule has 0 aliphatic carbocycles. The highest BCUT2D eigenvalue weighted by Crippen LogP contribution is 2.40. The van der Waals surface area contributed by atoms with Gasteiger partial charge in [-0.1, -0.05) is 30.3 Å². The van der Waals surface area contributed by atoms with Gasteiger partial charge in [0.1, 0.15) is 0 Å². The van der Waals surface area contributed by atoms with Gasteiger partial charge in [0, 0.05) is 0 Å². The van der Waals surface area contributed by atoms with Crippen LogP contribution in [0.1, 0.15) is 5.56 Å².